The summed E-state index contributed by atoms with van der Waals surface area (Å²) in [6, 6.07) is 0.850. The van der Waals surface area contributed by atoms with Crippen LogP contribution in [0.3, 0.4) is 0 Å². The molecule has 0 aromatic rings. The van der Waals surface area contributed by atoms with Gasteiger partial charge in [-0.25, -0.2) is 0 Å². The van der Waals surface area contributed by atoms with Crippen molar-refractivity contribution in [3.05, 3.63) is 12.2 Å². The molecule has 1 N–H and O–H groups in total. The summed E-state index contributed by atoms with van der Waals surface area (Å²) in [7, 11) is 0. The fraction of sp³-hybridized carbons (Fsp3) is 0.926. The summed E-state index contributed by atoms with van der Waals surface area (Å²) in [4.78, 5) is 0. The van der Waals surface area contributed by atoms with Crippen LogP contribution in [0.2, 0.25) is 0 Å². The second-order valence-corrected chi connectivity index (χ2v) is 12.7. The van der Waals surface area contributed by atoms with Crippen LogP contribution >= 0.6 is 0 Å². The molecule has 0 amide bonds. The Morgan fingerprint density at radius 2 is 1.75 bits per heavy atom. The van der Waals surface area contributed by atoms with Gasteiger partial charge in [0.15, 0.2) is 0 Å². The first kappa shape index (κ1) is 19.7. The molecular weight excluding hydrogens is 338 g/mol. The van der Waals surface area contributed by atoms with Crippen LogP contribution in [0.25, 0.3) is 0 Å². The highest BCUT2D eigenvalue weighted by atomic mass is 15.0. The molecule has 1 aliphatic heterocycles. The van der Waals surface area contributed by atoms with Gasteiger partial charge in [-0.15, -0.1) is 0 Å². The molecule has 7 aliphatic carbocycles. The molecule has 8 unspecified atom stereocenters. The monoisotopic (exact) mass is 383 g/mol. The van der Waals surface area contributed by atoms with E-state index < -0.39 is 0 Å². The first-order valence-electron chi connectivity index (χ1n) is 12.8. The second-order valence-electron chi connectivity index (χ2n) is 12.7. The third-order valence-electron chi connectivity index (χ3n) is 10.5. The first-order chi connectivity index (χ1) is 13.3. The number of nitrogens with one attached hydrogen (secondary N) is 1. The topological polar surface area (TPSA) is 12.0 Å². The van der Waals surface area contributed by atoms with Gasteiger partial charge >= 0.3 is 0 Å². The van der Waals surface area contributed by atoms with Gasteiger partial charge in [-0.2, -0.15) is 0 Å². The van der Waals surface area contributed by atoms with Crippen molar-refractivity contribution in [3.8, 4) is 0 Å². The van der Waals surface area contributed by atoms with Crippen LogP contribution in [-0.4, -0.2) is 12.6 Å². The molecule has 0 aromatic heterocycles. The average molecular weight is 384 g/mol. The molecule has 8 aliphatic rings. The van der Waals surface area contributed by atoms with Crippen molar-refractivity contribution < 1.29 is 0 Å². The van der Waals surface area contributed by atoms with E-state index in [0.29, 0.717) is 5.41 Å². The van der Waals surface area contributed by atoms with Gasteiger partial charge in [0.1, 0.15) is 0 Å². The zero-order valence-electron chi connectivity index (χ0n) is 19.1. The molecule has 0 radical (unpaired) electrons. The van der Waals surface area contributed by atoms with Crippen LogP contribution in [0.1, 0.15) is 85.5 Å². The van der Waals surface area contributed by atoms with E-state index >= 15 is 0 Å². The summed E-state index contributed by atoms with van der Waals surface area (Å²) < 4.78 is 0. The largest absolute Gasteiger partial charge is 0.313 e. The van der Waals surface area contributed by atoms with Crippen LogP contribution in [0.4, 0.5) is 0 Å². The van der Waals surface area contributed by atoms with E-state index in [4.69, 9.17) is 0 Å². The minimum absolute atomic E-state index is 0.537. The molecule has 1 nitrogen and oxygen atoms in total. The molecule has 1 heteroatoms. The molecule has 7 saturated carbocycles. The SMILES string of the molecule is C=C1C2CC(C)C3CCC(C)(C)CCC[C@H]4CC4NCC4C(C3)[C@H](C)C4C1C2. The maximum Gasteiger partial charge on any atom is 0.00992 e. The lowest BCUT2D eigenvalue weighted by atomic mass is 9.44. The Hall–Kier alpha value is -0.300. The van der Waals surface area contributed by atoms with Gasteiger partial charge in [-0.05, 0) is 117 Å². The maximum atomic E-state index is 4.63. The molecule has 0 aromatic carbocycles. The maximum absolute atomic E-state index is 4.63. The van der Waals surface area contributed by atoms with Crippen molar-refractivity contribution in [2.24, 2.45) is 58.7 Å². The van der Waals surface area contributed by atoms with Crippen LogP contribution in [-0.2, 0) is 0 Å². The van der Waals surface area contributed by atoms with Gasteiger partial charge < -0.3 is 5.32 Å². The summed E-state index contributed by atoms with van der Waals surface area (Å²) in [6.07, 6.45) is 13.1. The van der Waals surface area contributed by atoms with Crippen LogP contribution in [0.5, 0.6) is 0 Å². The fourth-order valence-corrected chi connectivity index (χ4v) is 8.22. The van der Waals surface area contributed by atoms with E-state index in [0.717, 1.165) is 59.3 Å². The van der Waals surface area contributed by atoms with E-state index in [1.165, 1.54) is 64.3 Å². The summed E-state index contributed by atoms with van der Waals surface area (Å²) in [5.41, 5.74) is 2.19. The lowest BCUT2D eigenvalue weighted by Crippen LogP contribution is -2.57. The van der Waals surface area contributed by atoms with Crippen LogP contribution in [0, 0.1) is 58.7 Å². The average Bonchev–Trinajstić information content (AvgIpc) is 3.40. The molecule has 1 heterocycles. The van der Waals surface area contributed by atoms with Crippen molar-refractivity contribution in [1.82, 2.24) is 5.32 Å². The Balaban J connectivity index is 1.40. The van der Waals surface area contributed by atoms with E-state index in [2.05, 4.69) is 39.6 Å². The smallest absolute Gasteiger partial charge is 0.00992 e. The minimum Gasteiger partial charge on any atom is -0.313 e. The van der Waals surface area contributed by atoms with Gasteiger partial charge in [0.05, 0.1) is 0 Å². The van der Waals surface area contributed by atoms with Gasteiger partial charge in [-0.1, -0.05) is 46.3 Å². The predicted molar refractivity (Wildman–Crippen MR) is 119 cm³/mol. The number of hydrogen-bond acceptors (Lipinski definition) is 1. The van der Waals surface area contributed by atoms with Crippen molar-refractivity contribution in [2.45, 2.75) is 91.5 Å². The summed E-state index contributed by atoms with van der Waals surface area (Å²) in [5.74, 6) is 8.30. The molecular formula is C27H45N. The molecule has 10 atom stereocenters. The normalized spacial score (nSPS) is 53.2. The van der Waals surface area contributed by atoms with Crippen molar-refractivity contribution in [1.29, 1.82) is 0 Å². The van der Waals surface area contributed by atoms with E-state index in [9.17, 15) is 0 Å². The van der Waals surface area contributed by atoms with E-state index in [1.54, 1.807) is 5.57 Å². The van der Waals surface area contributed by atoms with Crippen molar-refractivity contribution in [3.63, 3.8) is 0 Å². The predicted octanol–water partition coefficient (Wildman–Crippen LogP) is 6.69. The van der Waals surface area contributed by atoms with Crippen molar-refractivity contribution in [2.75, 3.05) is 6.54 Å². The van der Waals surface area contributed by atoms with Gasteiger partial charge in [0.2, 0.25) is 0 Å². The zero-order chi connectivity index (χ0) is 19.6. The Morgan fingerprint density at radius 3 is 2.54 bits per heavy atom. The second kappa shape index (κ2) is 7.14. The first-order valence-corrected chi connectivity index (χ1v) is 12.8. The number of hydrogen-bond donors (Lipinski definition) is 1. The molecule has 8 rings (SSSR count). The fourth-order valence-electron chi connectivity index (χ4n) is 8.22. The van der Waals surface area contributed by atoms with E-state index in [1.807, 2.05) is 0 Å². The third kappa shape index (κ3) is 3.42. The van der Waals surface area contributed by atoms with Crippen LogP contribution < -0.4 is 5.32 Å². The van der Waals surface area contributed by atoms with Crippen LogP contribution in [0.15, 0.2) is 12.2 Å². The van der Waals surface area contributed by atoms with Gasteiger partial charge in [0, 0.05) is 6.04 Å². The number of rotatable bonds is 0. The Bertz CT molecular complexity index is 605. The number of fused-ring (bicyclic) bond motifs is 1. The molecule has 6 bridgehead atoms. The quantitative estimate of drug-likeness (QED) is 0.459. The Labute approximate surface area is 174 Å². The zero-order valence-corrected chi connectivity index (χ0v) is 19.1. The lowest BCUT2D eigenvalue weighted by Gasteiger charge is -2.61. The van der Waals surface area contributed by atoms with E-state index in [-0.39, 0.29) is 0 Å². The molecule has 0 spiro atoms. The van der Waals surface area contributed by atoms with Gasteiger partial charge in [-0.3, -0.25) is 0 Å². The Morgan fingerprint density at radius 1 is 0.929 bits per heavy atom. The van der Waals surface area contributed by atoms with Gasteiger partial charge in [0.25, 0.3) is 0 Å². The highest BCUT2D eigenvalue weighted by Crippen LogP contribution is 2.62. The minimum atomic E-state index is 0.537. The molecule has 8 fully saturated rings. The molecule has 158 valence electrons. The lowest BCUT2D eigenvalue weighted by molar-refractivity contribution is -0.0873. The Kier molecular flexibility index (Phi) is 5.01. The summed E-state index contributed by atoms with van der Waals surface area (Å²) in [6.45, 7) is 16.2. The highest BCUT2D eigenvalue weighted by Gasteiger charge is 2.56. The standard InChI is InChI=1S/C27H45N/c1-16-11-21-13-23(17(21)2)26-18(3)22-12-19(16)8-10-27(4,5)9-6-7-20-14-25(20)28-15-24(22)26/h16,18-26,28H,2,6-15H2,1,3-5H3/t16?,18-,19?,20-,21?,22?,23?,24?,25?,26?/m0/s1. The number of allylic oxidation sites excluding steroid dienone is 1. The summed E-state index contributed by atoms with van der Waals surface area (Å²) >= 11 is 0. The molecule has 1 saturated heterocycles. The highest BCUT2D eigenvalue weighted by molar-refractivity contribution is 5.22. The summed E-state index contributed by atoms with van der Waals surface area (Å²) in [5, 5.41) is 4.06. The molecule has 28 heavy (non-hydrogen) atoms. The third-order valence-corrected chi connectivity index (χ3v) is 10.5. The van der Waals surface area contributed by atoms with Crippen molar-refractivity contribution >= 4 is 0 Å².